The van der Waals surface area contributed by atoms with Gasteiger partial charge in [0.15, 0.2) is 0 Å². The number of aromatic nitrogens is 2. The van der Waals surface area contributed by atoms with Crippen LogP contribution in [0.1, 0.15) is 29.7 Å². The van der Waals surface area contributed by atoms with Gasteiger partial charge in [-0.1, -0.05) is 91.0 Å². The highest BCUT2D eigenvalue weighted by Gasteiger charge is 2.39. The molecule has 162 valence electrons. The van der Waals surface area contributed by atoms with Gasteiger partial charge in [0.1, 0.15) is 27.0 Å². The molecule has 0 saturated carbocycles. The number of nitrogens with zero attached hydrogens (tertiary/aromatic N) is 3. The van der Waals surface area contributed by atoms with Crippen molar-refractivity contribution in [3.63, 3.8) is 0 Å². The van der Waals surface area contributed by atoms with E-state index in [-0.39, 0.29) is 6.04 Å². The molecule has 7 heteroatoms. The first-order valence-corrected chi connectivity index (χ1v) is 12.0. The van der Waals surface area contributed by atoms with Gasteiger partial charge >= 0.3 is 0 Å². The van der Waals surface area contributed by atoms with Crippen LogP contribution in [-0.2, 0) is 15.5 Å². The van der Waals surface area contributed by atoms with E-state index in [1.54, 1.807) is 4.68 Å². The zero-order chi connectivity index (χ0) is 22.2. The molecular weight excluding hydrogens is 420 g/mol. The topological polar surface area (TPSA) is 82.5 Å². The second-order valence-electron chi connectivity index (χ2n) is 7.89. The number of nitrogens with two attached hydrogens (primary N) is 1. The highest BCUT2D eigenvalue weighted by Crippen LogP contribution is 2.43. The number of rotatable bonds is 5. The fourth-order valence-corrected chi connectivity index (χ4v) is 5.63. The molecule has 0 amide bonds. The van der Waals surface area contributed by atoms with Crippen molar-refractivity contribution in [3.05, 3.63) is 114 Å². The van der Waals surface area contributed by atoms with Crippen molar-refractivity contribution < 1.29 is 8.95 Å². The fraction of sp³-hybridized carbons (Fsp3) is 0.160. The summed E-state index contributed by atoms with van der Waals surface area (Å²) in [6.45, 7) is 2.46. The molecule has 0 radical (unpaired) electrons. The predicted octanol–water partition coefficient (Wildman–Crippen LogP) is 4.53. The monoisotopic (exact) mass is 444 g/mol. The molecule has 0 aliphatic carbocycles. The van der Waals surface area contributed by atoms with E-state index < -0.39 is 15.5 Å². The van der Waals surface area contributed by atoms with Crippen molar-refractivity contribution in [2.45, 2.75) is 23.4 Å². The van der Waals surface area contributed by atoms with Gasteiger partial charge in [-0.25, -0.2) is 14.0 Å². The maximum Gasteiger partial charge on any atom is 0.231 e. The molecule has 2 N–H and O–H groups in total. The largest absolute Gasteiger partial charge is 0.475 e. The van der Waals surface area contributed by atoms with Crippen molar-refractivity contribution in [2.75, 3.05) is 6.61 Å². The molecule has 1 aromatic heterocycles. The first-order chi connectivity index (χ1) is 15.5. The highest BCUT2D eigenvalue weighted by atomic mass is 32.2. The highest BCUT2D eigenvalue weighted by molar-refractivity contribution is 7.91. The summed E-state index contributed by atoms with van der Waals surface area (Å²) in [6.07, 6.45) is 1.52. The standard InChI is InChI=1S/C25H24N4O2S/c1-19-18-31-24-23(17-27-29(19)24)32(26,30)28-25(20-11-5-2-6-12-20,21-13-7-3-8-14-21)22-15-9-4-10-16-22/h2-17,19H,18H2,1H3,(H2,26,28,30). The normalized spacial score (nSPS) is 17.2. The first-order valence-electron chi connectivity index (χ1n) is 10.5. The Hall–Kier alpha value is -3.42. The van der Waals surface area contributed by atoms with Crippen molar-refractivity contribution in [3.8, 4) is 5.88 Å². The van der Waals surface area contributed by atoms with E-state index in [0.29, 0.717) is 17.4 Å². The van der Waals surface area contributed by atoms with Crippen LogP contribution in [0.3, 0.4) is 0 Å². The van der Waals surface area contributed by atoms with Crippen LogP contribution >= 0.6 is 0 Å². The molecule has 1 aliphatic heterocycles. The Kier molecular flexibility index (Phi) is 5.07. The molecule has 0 saturated heterocycles. The Bertz CT molecular complexity index is 1250. The smallest absolute Gasteiger partial charge is 0.231 e. The first kappa shape index (κ1) is 20.5. The van der Waals surface area contributed by atoms with Gasteiger partial charge in [-0.3, -0.25) is 0 Å². The SMILES string of the molecule is CC1COc2c(S(N)(=O)=NC(c3ccccc3)(c3ccccc3)c3ccccc3)cnn21. The minimum absolute atomic E-state index is 0.0519. The number of hydrogen-bond donors (Lipinski definition) is 1. The molecule has 0 fully saturated rings. The molecule has 32 heavy (non-hydrogen) atoms. The Balaban J connectivity index is 1.85. The zero-order valence-electron chi connectivity index (χ0n) is 17.7. The van der Waals surface area contributed by atoms with Gasteiger partial charge < -0.3 is 4.74 Å². The Morgan fingerprint density at radius 3 is 1.88 bits per heavy atom. The van der Waals surface area contributed by atoms with Crippen LogP contribution in [0.25, 0.3) is 0 Å². The molecule has 5 rings (SSSR count). The summed E-state index contributed by atoms with van der Waals surface area (Å²) < 4.78 is 26.6. The van der Waals surface area contributed by atoms with E-state index in [1.807, 2.05) is 97.9 Å². The summed E-state index contributed by atoms with van der Waals surface area (Å²) in [5, 5.41) is 10.9. The van der Waals surface area contributed by atoms with Crippen LogP contribution in [0, 0.1) is 0 Å². The van der Waals surface area contributed by atoms with Crippen LogP contribution in [-0.4, -0.2) is 20.6 Å². The zero-order valence-corrected chi connectivity index (χ0v) is 18.5. The van der Waals surface area contributed by atoms with Crippen LogP contribution in [0.2, 0.25) is 0 Å². The van der Waals surface area contributed by atoms with Crippen molar-refractivity contribution in [2.24, 2.45) is 9.50 Å². The lowest BCUT2D eigenvalue weighted by Gasteiger charge is -2.32. The van der Waals surface area contributed by atoms with Gasteiger partial charge in [0, 0.05) is 0 Å². The molecule has 1 aliphatic rings. The summed E-state index contributed by atoms with van der Waals surface area (Å²) in [7, 11) is -3.40. The Morgan fingerprint density at radius 1 is 0.938 bits per heavy atom. The molecule has 3 aromatic carbocycles. The van der Waals surface area contributed by atoms with E-state index in [9.17, 15) is 4.21 Å². The summed E-state index contributed by atoms with van der Waals surface area (Å²) >= 11 is 0. The number of ether oxygens (including phenoxy) is 1. The van der Waals surface area contributed by atoms with Crippen LogP contribution in [0.4, 0.5) is 0 Å². The maximum absolute atomic E-state index is 14.1. The Morgan fingerprint density at radius 2 is 1.41 bits per heavy atom. The second-order valence-corrected chi connectivity index (χ2v) is 9.65. The minimum atomic E-state index is -3.40. The molecular formula is C25H24N4O2S. The second kappa shape index (κ2) is 7.93. The van der Waals surface area contributed by atoms with Gasteiger partial charge in [0.2, 0.25) is 5.88 Å². The van der Waals surface area contributed by atoms with E-state index in [2.05, 4.69) is 5.10 Å². The van der Waals surface area contributed by atoms with Crippen LogP contribution in [0.5, 0.6) is 5.88 Å². The number of fused-ring (bicyclic) bond motifs is 1. The van der Waals surface area contributed by atoms with E-state index in [4.69, 9.17) is 14.2 Å². The number of hydrogen-bond acceptors (Lipinski definition) is 4. The van der Waals surface area contributed by atoms with Crippen LogP contribution in [0.15, 0.2) is 106 Å². The van der Waals surface area contributed by atoms with Gasteiger partial charge in [-0.15, -0.1) is 0 Å². The third-order valence-corrected chi connectivity index (χ3v) is 7.21. The summed E-state index contributed by atoms with van der Waals surface area (Å²) in [5.41, 5.74) is 1.52. The third-order valence-electron chi connectivity index (χ3n) is 5.76. The lowest BCUT2D eigenvalue weighted by atomic mass is 9.78. The summed E-state index contributed by atoms with van der Waals surface area (Å²) in [6, 6.07) is 29.5. The molecule has 6 nitrogen and oxygen atoms in total. The molecule has 0 spiro atoms. The summed E-state index contributed by atoms with van der Waals surface area (Å²) in [4.78, 5) is 0.314. The number of benzene rings is 3. The van der Waals surface area contributed by atoms with Gasteiger partial charge in [0.05, 0.1) is 12.2 Å². The minimum Gasteiger partial charge on any atom is -0.475 e. The molecule has 0 bridgehead atoms. The Labute approximate surface area is 188 Å². The molecule has 2 heterocycles. The van der Waals surface area contributed by atoms with Crippen molar-refractivity contribution in [1.82, 2.24) is 9.78 Å². The van der Waals surface area contributed by atoms with Crippen molar-refractivity contribution >= 4 is 9.92 Å². The van der Waals surface area contributed by atoms with Crippen molar-refractivity contribution in [1.29, 1.82) is 0 Å². The van der Waals surface area contributed by atoms with Gasteiger partial charge in [-0.2, -0.15) is 9.46 Å². The molecule has 4 aromatic rings. The quantitative estimate of drug-likeness (QED) is 0.459. The third kappa shape index (κ3) is 3.30. The maximum atomic E-state index is 14.1. The van der Waals surface area contributed by atoms with E-state index >= 15 is 0 Å². The van der Waals surface area contributed by atoms with Gasteiger partial charge in [-0.05, 0) is 23.6 Å². The van der Waals surface area contributed by atoms with E-state index in [1.165, 1.54) is 6.20 Å². The lowest BCUT2D eigenvalue weighted by molar-refractivity contribution is 0.327. The summed E-state index contributed by atoms with van der Waals surface area (Å²) in [5.74, 6) is 0.428. The fourth-order valence-electron chi connectivity index (χ4n) is 4.21. The molecule has 2 unspecified atom stereocenters. The predicted molar refractivity (Wildman–Crippen MR) is 125 cm³/mol. The molecule has 2 atom stereocenters. The van der Waals surface area contributed by atoms with Crippen LogP contribution < -0.4 is 9.88 Å². The van der Waals surface area contributed by atoms with E-state index in [0.717, 1.165) is 16.7 Å². The average Bonchev–Trinajstić information content (AvgIpc) is 3.43. The lowest BCUT2D eigenvalue weighted by Crippen LogP contribution is -2.30. The average molecular weight is 445 g/mol. The van der Waals surface area contributed by atoms with Gasteiger partial charge in [0.25, 0.3) is 0 Å².